The molecule has 1 heterocycles. The summed E-state index contributed by atoms with van der Waals surface area (Å²) in [6, 6.07) is 10.2. The first-order valence-electron chi connectivity index (χ1n) is 5.18. The van der Waals surface area contributed by atoms with Crippen LogP contribution in [0.2, 0.25) is 0 Å². The van der Waals surface area contributed by atoms with Crippen molar-refractivity contribution in [3.05, 3.63) is 35.9 Å². The number of likely N-dealkylation sites (tertiary alicyclic amines) is 1. The highest BCUT2D eigenvalue weighted by molar-refractivity contribution is 6.65. The Balaban J connectivity index is 1.91. The molecule has 16 heavy (non-hydrogen) atoms. The Hall–Kier alpha value is -0.570. The van der Waals surface area contributed by atoms with Crippen molar-refractivity contribution < 1.29 is 4.79 Å². The van der Waals surface area contributed by atoms with Crippen LogP contribution in [0, 0.1) is 5.41 Å². The summed E-state index contributed by atoms with van der Waals surface area (Å²) in [6.07, 6.45) is 0. The summed E-state index contributed by atoms with van der Waals surface area (Å²) in [5, 5.41) is -0.313. The van der Waals surface area contributed by atoms with Gasteiger partial charge in [0.25, 0.3) is 0 Å². The number of hydrogen-bond donors (Lipinski definition) is 0. The predicted octanol–water partition coefficient (Wildman–Crippen LogP) is 2.49. The lowest BCUT2D eigenvalue weighted by atomic mass is 9.83. The molecule has 1 aromatic carbocycles. The molecule has 0 aliphatic carbocycles. The Labute approximate surface area is 105 Å². The van der Waals surface area contributed by atoms with Crippen molar-refractivity contribution >= 4 is 28.4 Å². The summed E-state index contributed by atoms with van der Waals surface area (Å²) >= 11 is 11.3. The van der Waals surface area contributed by atoms with Crippen LogP contribution in [0.5, 0.6) is 0 Å². The SMILES string of the molecule is O=C(Cl)C1(CCl)CN(Cc2ccccc2)C1. The van der Waals surface area contributed by atoms with E-state index in [1.54, 1.807) is 0 Å². The number of rotatable bonds is 4. The molecule has 0 N–H and O–H groups in total. The van der Waals surface area contributed by atoms with Gasteiger partial charge in [-0.2, -0.15) is 0 Å². The molecule has 1 aliphatic heterocycles. The number of carbonyl (C=O) groups excluding carboxylic acids is 1. The van der Waals surface area contributed by atoms with Gasteiger partial charge in [-0.15, -0.1) is 11.6 Å². The topological polar surface area (TPSA) is 20.3 Å². The molecule has 0 amide bonds. The van der Waals surface area contributed by atoms with Crippen molar-refractivity contribution in [2.24, 2.45) is 5.41 Å². The third-order valence-electron chi connectivity index (χ3n) is 2.97. The minimum Gasteiger partial charge on any atom is -0.297 e. The van der Waals surface area contributed by atoms with E-state index in [-0.39, 0.29) is 5.24 Å². The highest BCUT2D eigenvalue weighted by Crippen LogP contribution is 2.35. The lowest BCUT2D eigenvalue weighted by molar-refractivity contribution is -0.128. The molecule has 1 fully saturated rings. The van der Waals surface area contributed by atoms with Gasteiger partial charge in [0.2, 0.25) is 5.24 Å². The standard InChI is InChI=1S/C12H13Cl2NO/c13-7-12(11(14)16)8-15(9-12)6-10-4-2-1-3-5-10/h1-5H,6-9H2. The van der Waals surface area contributed by atoms with Crippen LogP contribution in [0.15, 0.2) is 30.3 Å². The van der Waals surface area contributed by atoms with Crippen LogP contribution in [0.3, 0.4) is 0 Å². The van der Waals surface area contributed by atoms with Gasteiger partial charge < -0.3 is 0 Å². The fourth-order valence-electron chi connectivity index (χ4n) is 2.02. The molecule has 0 saturated carbocycles. The molecule has 4 heteroatoms. The lowest BCUT2D eigenvalue weighted by Gasteiger charge is -2.46. The molecule has 2 nitrogen and oxygen atoms in total. The summed E-state index contributed by atoms with van der Waals surface area (Å²) in [4.78, 5) is 13.4. The normalized spacial score (nSPS) is 19.1. The fraction of sp³-hybridized carbons (Fsp3) is 0.417. The van der Waals surface area contributed by atoms with Gasteiger partial charge in [-0.05, 0) is 17.2 Å². The first-order valence-corrected chi connectivity index (χ1v) is 6.10. The smallest absolute Gasteiger partial charge is 0.231 e. The molecular formula is C12H13Cl2NO. The van der Waals surface area contributed by atoms with Crippen molar-refractivity contribution in [1.82, 2.24) is 4.90 Å². The van der Waals surface area contributed by atoms with Gasteiger partial charge in [0.05, 0.1) is 5.41 Å². The summed E-state index contributed by atoms with van der Waals surface area (Å²) in [5.41, 5.74) is 0.727. The third-order valence-corrected chi connectivity index (χ3v) is 3.89. The van der Waals surface area contributed by atoms with E-state index in [9.17, 15) is 4.79 Å². The number of hydrogen-bond acceptors (Lipinski definition) is 2. The molecule has 1 aliphatic rings. The molecule has 0 bridgehead atoms. The third kappa shape index (κ3) is 2.24. The molecule has 1 saturated heterocycles. The number of halogens is 2. The van der Waals surface area contributed by atoms with Crippen LogP contribution < -0.4 is 0 Å². The molecule has 0 radical (unpaired) electrons. The number of carbonyl (C=O) groups is 1. The van der Waals surface area contributed by atoms with Gasteiger partial charge in [-0.1, -0.05) is 30.3 Å². The van der Waals surface area contributed by atoms with Crippen molar-refractivity contribution in [3.63, 3.8) is 0 Å². The predicted molar refractivity (Wildman–Crippen MR) is 65.7 cm³/mol. The number of benzene rings is 1. The van der Waals surface area contributed by atoms with E-state index in [0.717, 1.165) is 6.54 Å². The number of alkyl halides is 1. The molecular weight excluding hydrogens is 245 g/mol. The molecule has 86 valence electrons. The Morgan fingerprint density at radius 1 is 1.31 bits per heavy atom. The summed E-state index contributed by atoms with van der Waals surface area (Å²) < 4.78 is 0. The summed E-state index contributed by atoms with van der Waals surface area (Å²) in [7, 11) is 0. The van der Waals surface area contributed by atoms with E-state index >= 15 is 0 Å². The average Bonchev–Trinajstić information content (AvgIpc) is 2.24. The highest BCUT2D eigenvalue weighted by Gasteiger charge is 2.47. The van der Waals surface area contributed by atoms with Gasteiger partial charge >= 0.3 is 0 Å². The zero-order valence-corrected chi connectivity index (χ0v) is 10.3. The Morgan fingerprint density at radius 2 is 1.94 bits per heavy atom. The average molecular weight is 258 g/mol. The van der Waals surface area contributed by atoms with E-state index in [1.807, 2.05) is 18.2 Å². The molecule has 0 aromatic heterocycles. The Bertz CT molecular complexity index is 374. The number of nitrogens with zero attached hydrogens (tertiary/aromatic N) is 1. The molecule has 0 atom stereocenters. The second-order valence-electron chi connectivity index (χ2n) is 4.32. The first kappa shape index (κ1) is 11.9. The van der Waals surface area contributed by atoms with Gasteiger partial charge in [0.1, 0.15) is 0 Å². The van der Waals surface area contributed by atoms with Crippen LogP contribution in [0.1, 0.15) is 5.56 Å². The van der Waals surface area contributed by atoms with Crippen LogP contribution in [-0.4, -0.2) is 29.1 Å². The molecule has 1 aromatic rings. The van der Waals surface area contributed by atoms with Gasteiger partial charge in [0.15, 0.2) is 0 Å². The van der Waals surface area contributed by atoms with Crippen LogP contribution >= 0.6 is 23.2 Å². The second kappa shape index (κ2) is 4.74. The molecule has 2 rings (SSSR count). The van der Waals surface area contributed by atoms with Crippen LogP contribution in [0.25, 0.3) is 0 Å². The Kier molecular flexibility index (Phi) is 3.53. The van der Waals surface area contributed by atoms with Crippen molar-refractivity contribution in [3.8, 4) is 0 Å². The van der Waals surface area contributed by atoms with E-state index < -0.39 is 5.41 Å². The molecule has 0 spiro atoms. The van der Waals surface area contributed by atoms with Gasteiger partial charge in [-0.3, -0.25) is 9.69 Å². The lowest BCUT2D eigenvalue weighted by Crippen LogP contribution is -2.59. The van der Waals surface area contributed by atoms with Gasteiger partial charge in [0, 0.05) is 25.5 Å². The fourth-order valence-corrected chi connectivity index (χ4v) is 2.57. The second-order valence-corrected chi connectivity index (χ2v) is 4.93. The van der Waals surface area contributed by atoms with E-state index in [2.05, 4.69) is 17.0 Å². The first-order chi connectivity index (χ1) is 7.66. The largest absolute Gasteiger partial charge is 0.297 e. The minimum absolute atomic E-state index is 0.306. The summed E-state index contributed by atoms with van der Waals surface area (Å²) in [5.74, 6) is 0.306. The molecule has 0 unspecified atom stereocenters. The maximum Gasteiger partial charge on any atom is 0.231 e. The van der Waals surface area contributed by atoms with Crippen molar-refractivity contribution in [2.75, 3.05) is 19.0 Å². The zero-order valence-electron chi connectivity index (χ0n) is 8.83. The zero-order chi connectivity index (χ0) is 11.6. The monoisotopic (exact) mass is 257 g/mol. The van der Waals surface area contributed by atoms with Crippen LogP contribution in [0.4, 0.5) is 0 Å². The maximum absolute atomic E-state index is 11.2. The minimum atomic E-state index is -0.516. The van der Waals surface area contributed by atoms with Crippen molar-refractivity contribution in [2.45, 2.75) is 6.54 Å². The Morgan fingerprint density at radius 3 is 2.44 bits per heavy atom. The van der Waals surface area contributed by atoms with Gasteiger partial charge in [-0.25, -0.2) is 0 Å². The maximum atomic E-state index is 11.2. The van der Waals surface area contributed by atoms with Crippen LogP contribution in [-0.2, 0) is 11.3 Å². The van der Waals surface area contributed by atoms with E-state index in [0.29, 0.717) is 19.0 Å². The van der Waals surface area contributed by atoms with E-state index in [1.165, 1.54) is 5.56 Å². The van der Waals surface area contributed by atoms with E-state index in [4.69, 9.17) is 23.2 Å². The quantitative estimate of drug-likeness (QED) is 0.611. The summed E-state index contributed by atoms with van der Waals surface area (Å²) in [6.45, 7) is 2.17. The van der Waals surface area contributed by atoms with Crippen molar-refractivity contribution in [1.29, 1.82) is 0 Å². The highest BCUT2D eigenvalue weighted by atomic mass is 35.5.